The summed E-state index contributed by atoms with van der Waals surface area (Å²) in [6, 6.07) is 2.67. The van der Waals surface area contributed by atoms with Gasteiger partial charge in [-0.1, -0.05) is 11.6 Å². The number of aromatic nitrogens is 1. The van der Waals surface area contributed by atoms with E-state index in [9.17, 15) is 4.79 Å². The van der Waals surface area contributed by atoms with Gasteiger partial charge in [-0.3, -0.25) is 0 Å². The van der Waals surface area contributed by atoms with E-state index in [4.69, 9.17) is 26.2 Å². The van der Waals surface area contributed by atoms with Crippen LogP contribution in [-0.4, -0.2) is 35.4 Å². The highest BCUT2D eigenvalue weighted by Crippen LogP contribution is 2.20. The first-order valence-corrected chi connectivity index (χ1v) is 5.68. The lowest BCUT2D eigenvalue weighted by Gasteiger charge is -2.22. The molecule has 1 aliphatic heterocycles. The molecule has 1 fully saturated rings. The second-order valence-electron chi connectivity index (χ2n) is 3.75. The molecule has 17 heavy (non-hydrogen) atoms. The van der Waals surface area contributed by atoms with Gasteiger partial charge >= 0.3 is 5.97 Å². The molecule has 0 radical (unpaired) electrons. The van der Waals surface area contributed by atoms with Gasteiger partial charge in [0.25, 0.3) is 0 Å². The highest BCUT2D eigenvalue weighted by atomic mass is 35.5. The van der Waals surface area contributed by atoms with Crippen molar-refractivity contribution in [1.29, 1.82) is 0 Å². The molecule has 2 rings (SSSR count). The molecular weight excluding hydrogens is 246 g/mol. The van der Waals surface area contributed by atoms with E-state index in [1.807, 2.05) is 0 Å². The average molecular weight is 258 g/mol. The third-order valence-corrected chi connectivity index (χ3v) is 2.67. The SMILES string of the molecule is O=C(O)c1cc(Cl)nc(OC2CCOCC2)c1. The van der Waals surface area contributed by atoms with E-state index in [2.05, 4.69) is 4.98 Å². The van der Waals surface area contributed by atoms with E-state index in [1.54, 1.807) is 0 Å². The summed E-state index contributed by atoms with van der Waals surface area (Å²) in [5.74, 6) is -0.798. The smallest absolute Gasteiger partial charge is 0.335 e. The zero-order valence-electron chi connectivity index (χ0n) is 9.06. The molecule has 1 aromatic rings. The van der Waals surface area contributed by atoms with Crippen LogP contribution in [0.5, 0.6) is 5.88 Å². The van der Waals surface area contributed by atoms with E-state index in [-0.39, 0.29) is 22.7 Å². The minimum atomic E-state index is -1.05. The fourth-order valence-corrected chi connectivity index (χ4v) is 1.82. The van der Waals surface area contributed by atoms with Gasteiger partial charge in [-0.05, 0) is 6.07 Å². The topological polar surface area (TPSA) is 68.7 Å². The lowest BCUT2D eigenvalue weighted by atomic mass is 10.1. The number of aromatic carboxylic acids is 1. The maximum absolute atomic E-state index is 10.8. The zero-order valence-corrected chi connectivity index (χ0v) is 9.81. The molecule has 6 heteroatoms. The van der Waals surface area contributed by atoms with E-state index in [1.165, 1.54) is 12.1 Å². The minimum Gasteiger partial charge on any atom is -0.478 e. The van der Waals surface area contributed by atoms with Crippen LogP contribution in [0.4, 0.5) is 0 Å². The molecule has 2 heterocycles. The summed E-state index contributed by atoms with van der Waals surface area (Å²) in [6.07, 6.45) is 1.56. The Hall–Kier alpha value is -1.33. The lowest BCUT2D eigenvalue weighted by Crippen LogP contribution is -2.26. The first-order valence-electron chi connectivity index (χ1n) is 5.30. The van der Waals surface area contributed by atoms with Crippen LogP contribution >= 0.6 is 11.6 Å². The number of hydrogen-bond donors (Lipinski definition) is 1. The summed E-state index contributed by atoms with van der Waals surface area (Å²) in [7, 11) is 0. The number of hydrogen-bond acceptors (Lipinski definition) is 4. The van der Waals surface area contributed by atoms with Crippen LogP contribution in [0.25, 0.3) is 0 Å². The van der Waals surface area contributed by atoms with Crippen molar-refractivity contribution in [2.24, 2.45) is 0 Å². The van der Waals surface area contributed by atoms with Crippen LogP contribution in [0, 0.1) is 0 Å². The van der Waals surface area contributed by atoms with E-state index in [0.717, 1.165) is 12.8 Å². The summed E-state index contributed by atoms with van der Waals surface area (Å²) in [4.78, 5) is 14.8. The fraction of sp³-hybridized carbons (Fsp3) is 0.455. The van der Waals surface area contributed by atoms with Gasteiger partial charge in [0, 0.05) is 18.9 Å². The lowest BCUT2D eigenvalue weighted by molar-refractivity contribution is 0.0236. The third-order valence-electron chi connectivity index (χ3n) is 2.47. The number of carboxylic acids is 1. The number of rotatable bonds is 3. The monoisotopic (exact) mass is 257 g/mol. The summed E-state index contributed by atoms with van der Waals surface area (Å²) >= 11 is 5.73. The molecule has 5 nitrogen and oxygen atoms in total. The molecule has 1 N–H and O–H groups in total. The quantitative estimate of drug-likeness (QED) is 0.839. The van der Waals surface area contributed by atoms with Crippen molar-refractivity contribution in [3.05, 3.63) is 22.8 Å². The van der Waals surface area contributed by atoms with Crippen LogP contribution in [-0.2, 0) is 4.74 Å². The Labute approximate surface area is 103 Å². The largest absolute Gasteiger partial charge is 0.478 e. The molecule has 0 spiro atoms. The second-order valence-corrected chi connectivity index (χ2v) is 4.14. The predicted octanol–water partition coefficient (Wildman–Crippen LogP) is 1.99. The summed E-state index contributed by atoms with van der Waals surface area (Å²) in [5.41, 5.74) is 0.0760. The van der Waals surface area contributed by atoms with Crippen molar-refractivity contribution in [3.8, 4) is 5.88 Å². The molecule has 92 valence electrons. The number of nitrogens with zero attached hydrogens (tertiary/aromatic N) is 1. The van der Waals surface area contributed by atoms with Gasteiger partial charge < -0.3 is 14.6 Å². The van der Waals surface area contributed by atoms with Gasteiger partial charge in [0.2, 0.25) is 5.88 Å². The Morgan fingerprint density at radius 1 is 1.47 bits per heavy atom. The number of carboxylic acid groups (broad SMARTS) is 1. The maximum atomic E-state index is 10.8. The van der Waals surface area contributed by atoms with E-state index in [0.29, 0.717) is 13.2 Å². The number of halogens is 1. The van der Waals surface area contributed by atoms with Crippen LogP contribution in [0.3, 0.4) is 0 Å². The molecule has 1 aliphatic rings. The third kappa shape index (κ3) is 3.31. The van der Waals surface area contributed by atoms with E-state index >= 15 is 0 Å². The zero-order chi connectivity index (χ0) is 12.3. The van der Waals surface area contributed by atoms with Gasteiger partial charge in [-0.2, -0.15) is 0 Å². The Morgan fingerprint density at radius 3 is 2.82 bits per heavy atom. The maximum Gasteiger partial charge on any atom is 0.335 e. The summed E-state index contributed by atoms with van der Waals surface area (Å²) in [6.45, 7) is 1.30. The Bertz CT molecular complexity index is 418. The van der Waals surface area contributed by atoms with Gasteiger partial charge in [-0.15, -0.1) is 0 Å². The average Bonchev–Trinajstić information content (AvgIpc) is 2.29. The Balaban J connectivity index is 2.11. The fourth-order valence-electron chi connectivity index (χ4n) is 1.62. The number of pyridine rings is 1. The first kappa shape index (κ1) is 12.1. The first-order chi connectivity index (χ1) is 8.15. The highest BCUT2D eigenvalue weighted by Gasteiger charge is 2.17. The van der Waals surface area contributed by atoms with Crippen LogP contribution in [0.2, 0.25) is 5.15 Å². The molecule has 0 aromatic carbocycles. The van der Waals surface area contributed by atoms with Crippen molar-refractivity contribution in [2.75, 3.05) is 13.2 Å². The van der Waals surface area contributed by atoms with Gasteiger partial charge in [0.15, 0.2) is 0 Å². The Morgan fingerprint density at radius 2 is 2.18 bits per heavy atom. The van der Waals surface area contributed by atoms with Crippen molar-refractivity contribution >= 4 is 17.6 Å². The van der Waals surface area contributed by atoms with Crippen LogP contribution in [0.1, 0.15) is 23.2 Å². The molecule has 1 aromatic heterocycles. The molecule has 0 bridgehead atoms. The molecule has 1 saturated heterocycles. The molecule has 0 amide bonds. The second kappa shape index (κ2) is 5.33. The van der Waals surface area contributed by atoms with Crippen LogP contribution < -0.4 is 4.74 Å². The normalized spacial score (nSPS) is 16.8. The highest BCUT2D eigenvalue weighted by molar-refractivity contribution is 6.29. The van der Waals surface area contributed by atoms with Crippen molar-refractivity contribution in [3.63, 3.8) is 0 Å². The molecular formula is C11H12ClNO4. The van der Waals surface area contributed by atoms with Crippen molar-refractivity contribution < 1.29 is 19.4 Å². The van der Waals surface area contributed by atoms with Crippen LogP contribution in [0.15, 0.2) is 12.1 Å². The summed E-state index contributed by atoms with van der Waals surface area (Å²) < 4.78 is 10.8. The molecule has 0 atom stereocenters. The number of carbonyl (C=O) groups is 1. The van der Waals surface area contributed by atoms with Crippen molar-refractivity contribution in [1.82, 2.24) is 4.98 Å². The standard InChI is InChI=1S/C11H12ClNO4/c12-9-5-7(11(14)15)6-10(13-9)17-8-1-3-16-4-2-8/h5-6,8H,1-4H2,(H,14,15). The predicted molar refractivity (Wildman–Crippen MR) is 60.7 cm³/mol. The molecule has 0 aliphatic carbocycles. The van der Waals surface area contributed by atoms with Gasteiger partial charge in [0.05, 0.1) is 18.8 Å². The van der Waals surface area contributed by atoms with E-state index < -0.39 is 5.97 Å². The minimum absolute atomic E-state index is 0.0105. The molecule has 0 saturated carbocycles. The van der Waals surface area contributed by atoms with Gasteiger partial charge in [-0.25, -0.2) is 9.78 Å². The van der Waals surface area contributed by atoms with Crippen molar-refractivity contribution in [2.45, 2.75) is 18.9 Å². The summed E-state index contributed by atoms with van der Waals surface area (Å²) in [5, 5.41) is 9.00. The number of ether oxygens (including phenoxy) is 2. The Kier molecular flexibility index (Phi) is 3.81. The van der Waals surface area contributed by atoms with Gasteiger partial charge in [0.1, 0.15) is 11.3 Å². The molecule has 0 unspecified atom stereocenters.